The molecule has 5 fully saturated rings. The molecule has 7 heteroatoms. The summed E-state index contributed by atoms with van der Waals surface area (Å²) in [5.74, 6) is 0. The third-order valence-electron chi connectivity index (χ3n) is 9.54. The third kappa shape index (κ3) is 11.5. The highest BCUT2D eigenvalue weighted by molar-refractivity contribution is 5.41. The van der Waals surface area contributed by atoms with Crippen molar-refractivity contribution in [2.45, 2.75) is 41.0 Å². The van der Waals surface area contributed by atoms with Gasteiger partial charge in [-0.15, -0.1) is 0 Å². The van der Waals surface area contributed by atoms with Crippen molar-refractivity contribution in [3.63, 3.8) is 0 Å². The van der Waals surface area contributed by atoms with Crippen molar-refractivity contribution in [3.05, 3.63) is 24.5 Å². The second kappa shape index (κ2) is 16.8. The maximum atomic E-state index is 5.25. The Morgan fingerprint density at radius 2 is 1.21 bits per heavy atom. The molecular formula is C31H66N6O+4. The fourth-order valence-electron chi connectivity index (χ4n) is 5.51. The van der Waals surface area contributed by atoms with Crippen LogP contribution in [0.1, 0.15) is 41.0 Å². The molecule has 222 valence electrons. The minimum absolute atomic E-state index is 0. The average Bonchev–Trinajstić information content (AvgIpc) is 3.38. The molecule has 6 heterocycles. The van der Waals surface area contributed by atoms with E-state index in [1.807, 2.05) is 38.1 Å². The van der Waals surface area contributed by atoms with Gasteiger partial charge in [-0.25, -0.2) is 4.57 Å². The number of hydrogen-bond donors (Lipinski definition) is 0. The van der Waals surface area contributed by atoms with Crippen LogP contribution in [0.4, 0.5) is 5.69 Å². The van der Waals surface area contributed by atoms with Crippen molar-refractivity contribution in [1.29, 1.82) is 0 Å². The van der Waals surface area contributed by atoms with Crippen LogP contribution in [0.3, 0.4) is 0 Å². The van der Waals surface area contributed by atoms with Gasteiger partial charge < -0.3 is 23.1 Å². The zero-order valence-electron chi connectivity index (χ0n) is 25.9. The maximum absolute atomic E-state index is 5.25. The van der Waals surface area contributed by atoms with Gasteiger partial charge in [0.15, 0.2) is 12.4 Å². The van der Waals surface area contributed by atoms with E-state index in [1.54, 1.807) is 0 Å². The highest BCUT2D eigenvalue weighted by Gasteiger charge is 2.36. The predicted octanol–water partition coefficient (Wildman–Crippen LogP) is 3.10. The Balaban J connectivity index is 0.000000252. The third-order valence-corrected chi connectivity index (χ3v) is 9.54. The van der Waals surface area contributed by atoms with Crippen LogP contribution < -0.4 is 9.47 Å². The molecule has 0 amide bonds. The second-order valence-corrected chi connectivity index (χ2v) is 12.4. The summed E-state index contributed by atoms with van der Waals surface area (Å²) in [6, 6.07) is 4.17. The first kappa shape index (κ1) is 34.8. The van der Waals surface area contributed by atoms with Crippen LogP contribution in [0.15, 0.2) is 24.5 Å². The minimum atomic E-state index is 0. The van der Waals surface area contributed by atoms with Gasteiger partial charge in [0.1, 0.15) is 20.1 Å². The zero-order chi connectivity index (χ0) is 27.4. The lowest BCUT2D eigenvalue weighted by Gasteiger charge is -2.50. The van der Waals surface area contributed by atoms with Gasteiger partial charge >= 0.3 is 0 Å². The Morgan fingerprint density at radius 1 is 0.763 bits per heavy atom. The number of morpholine rings is 1. The SMILES string of the molecule is C.CC[N+]1(C)CCCC1.CC[N+]1(C)CCOCC1.CC[N+]12CCN(CC1)CC2.CN(C)c1cc[n+](C)cc1. The van der Waals surface area contributed by atoms with Crippen LogP contribution >= 0.6 is 0 Å². The standard InChI is InChI=1S/C8H17N2.C8H13N2.C7H16NO.C7H16N.CH4/c1-2-10-6-3-9(4-7-10)5-8-10;1-9(2)8-4-6-10(3)7-5-8;1-3-8(2)4-6-9-7-5-8;1-3-8(2)6-4-5-7-8;/h2-8H2,1H3;4-7H,1-3H3;3-7H2,1-2H3;3-7H2,1-2H3;1H4/q4*+1;. The van der Waals surface area contributed by atoms with Crippen molar-refractivity contribution >= 4 is 5.69 Å². The van der Waals surface area contributed by atoms with Crippen molar-refractivity contribution < 1.29 is 22.8 Å². The maximum Gasteiger partial charge on any atom is 0.170 e. The van der Waals surface area contributed by atoms with E-state index in [2.05, 4.69) is 56.8 Å². The van der Waals surface area contributed by atoms with E-state index in [9.17, 15) is 0 Å². The van der Waals surface area contributed by atoms with Gasteiger partial charge in [0.05, 0.1) is 79.7 Å². The highest BCUT2D eigenvalue weighted by Crippen LogP contribution is 2.18. The number of piperazine rings is 3. The largest absolute Gasteiger partial charge is 0.377 e. The quantitative estimate of drug-likeness (QED) is 0.434. The second-order valence-electron chi connectivity index (χ2n) is 12.4. The first-order chi connectivity index (χ1) is 17.6. The molecule has 0 radical (unpaired) electrons. The number of fused-ring (bicyclic) bond motifs is 3. The van der Waals surface area contributed by atoms with Crippen LogP contribution in [0.5, 0.6) is 0 Å². The molecule has 6 rings (SSSR count). The number of anilines is 1. The van der Waals surface area contributed by atoms with Crippen LogP contribution in [0.2, 0.25) is 0 Å². The Morgan fingerprint density at radius 3 is 1.53 bits per heavy atom. The topological polar surface area (TPSA) is 19.6 Å². The number of pyridine rings is 1. The molecule has 1 aromatic heterocycles. The average molecular weight is 539 g/mol. The monoisotopic (exact) mass is 539 g/mol. The number of nitrogens with zero attached hydrogens (tertiary/aromatic N) is 6. The molecule has 0 aliphatic carbocycles. The molecule has 1 aromatic rings. The van der Waals surface area contributed by atoms with Gasteiger partial charge in [-0.2, -0.15) is 0 Å². The number of rotatable bonds is 4. The van der Waals surface area contributed by atoms with E-state index < -0.39 is 0 Å². The molecule has 0 unspecified atom stereocenters. The Bertz CT molecular complexity index is 719. The molecule has 0 saturated carbocycles. The number of likely N-dealkylation sites (tertiary alicyclic amines) is 1. The Labute approximate surface area is 237 Å². The smallest absolute Gasteiger partial charge is 0.170 e. The highest BCUT2D eigenvalue weighted by atomic mass is 16.5. The molecule has 7 nitrogen and oxygen atoms in total. The molecule has 0 atom stereocenters. The van der Waals surface area contributed by atoms with Crippen LogP contribution in [-0.2, 0) is 11.8 Å². The zero-order valence-corrected chi connectivity index (χ0v) is 25.9. The summed E-state index contributed by atoms with van der Waals surface area (Å²) in [5, 5.41) is 0. The van der Waals surface area contributed by atoms with E-state index in [1.165, 1.54) is 117 Å². The molecule has 0 spiro atoms. The van der Waals surface area contributed by atoms with E-state index in [-0.39, 0.29) is 7.43 Å². The predicted molar refractivity (Wildman–Crippen MR) is 163 cm³/mol. The van der Waals surface area contributed by atoms with Gasteiger partial charge in [-0.1, -0.05) is 7.43 Å². The molecular weight excluding hydrogens is 472 g/mol. The molecule has 2 bridgehead atoms. The fraction of sp³-hybridized carbons (Fsp3) is 0.839. The fourth-order valence-corrected chi connectivity index (χ4v) is 5.51. The molecule has 38 heavy (non-hydrogen) atoms. The van der Waals surface area contributed by atoms with Crippen LogP contribution in [-0.4, -0.2) is 145 Å². The normalized spacial score (nSPS) is 26.3. The van der Waals surface area contributed by atoms with E-state index in [0.29, 0.717) is 0 Å². The van der Waals surface area contributed by atoms with Crippen molar-refractivity contribution in [1.82, 2.24) is 4.90 Å². The molecule has 5 aliphatic heterocycles. The van der Waals surface area contributed by atoms with Crippen molar-refractivity contribution in [2.75, 3.05) is 131 Å². The first-order valence-corrected chi connectivity index (χ1v) is 15.0. The number of quaternary nitrogens is 3. The summed E-state index contributed by atoms with van der Waals surface area (Å²) in [6.07, 6.45) is 6.97. The number of aryl methyl sites for hydroxylation is 1. The lowest BCUT2D eigenvalue weighted by Crippen LogP contribution is -2.67. The summed E-state index contributed by atoms with van der Waals surface area (Å²) < 4.78 is 11.2. The van der Waals surface area contributed by atoms with Gasteiger partial charge in [-0.3, -0.25) is 4.90 Å². The number of ether oxygens (including phenoxy) is 1. The van der Waals surface area contributed by atoms with Crippen molar-refractivity contribution in [2.24, 2.45) is 7.05 Å². The summed E-state index contributed by atoms with van der Waals surface area (Å²) in [4.78, 5) is 4.68. The van der Waals surface area contributed by atoms with Crippen LogP contribution in [0, 0.1) is 0 Å². The van der Waals surface area contributed by atoms with E-state index >= 15 is 0 Å². The Kier molecular flexibility index (Phi) is 15.3. The summed E-state index contributed by atoms with van der Waals surface area (Å²) >= 11 is 0. The van der Waals surface area contributed by atoms with Gasteiger partial charge in [0, 0.05) is 64.4 Å². The van der Waals surface area contributed by atoms with Crippen molar-refractivity contribution in [3.8, 4) is 0 Å². The number of likely N-dealkylation sites (N-methyl/N-ethyl adjacent to an activating group) is 2. The number of hydrogen-bond acceptors (Lipinski definition) is 3. The summed E-state index contributed by atoms with van der Waals surface area (Å²) in [7, 11) is 10.7. The van der Waals surface area contributed by atoms with Gasteiger partial charge in [-0.05, 0) is 20.8 Å². The molecule has 5 aliphatic rings. The van der Waals surface area contributed by atoms with E-state index in [0.717, 1.165) is 13.2 Å². The Hall–Kier alpha value is -1.25. The first-order valence-electron chi connectivity index (χ1n) is 15.0. The van der Waals surface area contributed by atoms with Crippen LogP contribution in [0.25, 0.3) is 0 Å². The van der Waals surface area contributed by atoms with Gasteiger partial charge in [0.25, 0.3) is 0 Å². The molecule has 5 saturated heterocycles. The minimum Gasteiger partial charge on any atom is -0.377 e. The lowest BCUT2D eigenvalue weighted by molar-refractivity contribution is -0.939. The molecule has 0 N–H and O–H groups in total. The summed E-state index contributed by atoms with van der Waals surface area (Å²) in [5.41, 5.74) is 1.23. The van der Waals surface area contributed by atoms with Gasteiger partial charge in [0.2, 0.25) is 0 Å². The van der Waals surface area contributed by atoms with E-state index in [4.69, 9.17) is 4.74 Å². The summed E-state index contributed by atoms with van der Waals surface area (Å²) in [6.45, 7) is 26.2. The molecule has 0 aromatic carbocycles. The number of aromatic nitrogens is 1. The lowest BCUT2D eigenvalue weighted by atomic mass is 10.1.